The van der Waals surface area contributed by atoms with Gasteiger partial charge in [0.1, 0.15) is 9.79 Å². The normalized spacial score (nSPS) is 11.8. The molecule has 1 aromatic heterocycles. The van der Waals surface area contributed by atoms with Gasteiger partial charge in [-0.25, -0.2) is 27.9 Å². The van der Waals surface area contributed by atoms with E-state index in [1.54, 1.807) is 24.6 Å². The van der Waals surface area contributed by atoms with E-state index in [0.29, 0.717) is 11.4 Å². The molecule has 0 aliphatic carbocycles. The molecule has 1 aromatic carbocycles. The summed E-state index contributed by atoms with van der Waals surface area (Å²) in [6.07, 6.45) is 0. The summed E-state index contributed by atoms with van der Waals surface area (Å²) in [5, 5.41) is 2.14. The zero-order valence-electron chi connectivity index (χ0n) is 13.1. The van der Waals surface area contributed by atoms with Crippen LogP contribution in [0.2, 0.25) is 0 Å². The first kappa shape index (κ1) is 18.8. The zero-order chi connectivity index (χ0) is 18.8. The maximum absolute atomic E-state index is 12.2. The Morgan fingerprint density at radius 3 is 2.04 bits per heavy atom. The second kappa shape index (κ2) is 6.74. The first-order valence-corrected chi connectivity index (χ1v) is 9.64. The lowest BCUT2D eigenvalue weighted by Crippen LogP contribution is -2.35. The second-order valence-electron chi connectivity index (χ2n) is 4.96. The molecule has 10 nitrogen and oxygen atoms in total. The van der Waals surface area contributed by atoms with Crippen molar-refractivity contribution in [2.24, 2.45) is 0 Å². The molecule has 1 heterocycles. The topological polar surface area (TPSA) is 155 Å². The van der Waals surface area contributed by atoms with Gasteiger partial charge in [-0.1, -0.05) is 12.1 Å². The molecule has 0 saturated carbocycles. The maximum atomic E-state index is 12.2. The number of carbonyl (C=O) groups excluding carboxylic acids is 1. The van der Waals surface area contributed by atoms with E-state index in [2.05, 4.69) is 15.3 Å². The number of hydrogen-bond donors (Lipinski definition) is 3. The highest BCUT2D eigenvalue weighted by Gasteiger charge is 2.26. The van der Waals surface area contributed by atoms with Crippen LogP contribution in [0.25, 0.3) is 0 Å². The van der Waals surface area contributed by atoms with Crippen LogP contribution in [-0.4, -0.2) is 37.4 Å². The molecule has 0 spiro atoms. The molecule has 0 atom stereocenters. The highest BCUT2D eigenvalue weighted by molar-refractivity contribution is 7.91. The smallest absolute Gasteiger partial charge is 0.282 e. The monoisotopic (exact) mass is 386 g/mol. The van der Waals surface area contributed by atoms with Crippen molar-refractivity contribution < 1.29 is 26.2 Å². The minimum absolute atomic E-state index is 0.117. The van der Waals surface area contributed by atoms with Gasteiger partial charge in [0.05, 0.1) is 0 Å². The summed E-state index contributed by atoms with van der Waals surface area (Å²) in [4.78, 5) is 18.1. The first-order chi connectivity index (χ1) is 11.5. The lowest BCUT2D eigenvalue weighted by Gasteiger charge is -2.10. The van der Waals surface area contributed by atoms with Gasteiger partial charge in [-0.2, -0.15) is 8.42 Å². The molecule has 134 valence electrons. The summed E-state index contributed by atoms with van der Waals surface area (Å²) >= 11 is 0. The lowest BCUT2D eigenvalue weighted by atomic mass is 10.4. The molecular weight excluding hydrogens is 372 g/mol. The number of anilines is 1. The van der Waals surface area contributed by atoms with Crippen molar-refractivity contribution in [1.29, 1.82) is 0 Å². The van der Waals surface area contributed by atoms with Crippen LogP contribution in [0.15, 0.2) is 40.1 Å². The fraction of sp³-hybridized carbons (Fsp3) is 0.154. The quantitative estimate of drug-likeness (QED) is 0.653. The van der Waals surface area contributed by atoms with Crippen molar-refractivity contribution in [1.82, 2.24) is 14.7 Å². The molecule has 0 unspecified atom stereocenters. The van der Waals surface area contributed by atoms with Crippen LogP contribution < -0.4 is 10.0 Å². The third-order valence-corrected chi connectivity index (χ3v) is 5.28. The average molecular weight is 386 g/mol. The molecule has 0 aliphatic rings. The van der Waals surface area contributed by atoms with Crippen molar-refractivity contribution in [3.05, 3.63) is 41.7 Å². The number of nitrogens with zero attached hydrogens (tertiary/aromatic N) is 2. The third kappa shape index (κ3) is 4.71. The number of urea groups is 1. The van der Waals surface area contributed by atoms with Crippen LogP contribution in [0.1, 0.15) is 11.4 Å². The van der Waals surface area contributed by atoms with Crippen LogP contribution in [-0.2, 0) is 20.1 Å². The number of amides is 2. The number of hydrogen-bond acceptors (Lipinski definition) is 7. The molecule has 0 aliphatic heterocycles. The van der Waals surface area contributed by atoms with E-state index >= 15 is 0 Å². The lowest BCUT2D eigenvalue weighted by molar-refractivity contribution is 0.256. The minimum Gasteiger partial charge on any atom is -0.282 e. The fourth-order valence-corrected chi connectivity index (χ4v) is 4.18. The van der Waals surface area contributed by atoms with E-state index in [4.69, 9.17) is 4.55 Å². The number of rotatable bonds is 4. The summed E-state index contributed by atoms with van der Waals surface area (Å²) in [6.45, 7) is 3.33. The molecule has 0 fully saturated rings. The highest BCUT2D eigenvalue weighted by atomic mass is 32.2. The standard InChI is InChI=1S/C13H14N4O6S2/c1-8-7-9(2)15-12(14-8)16-13(18)17-24(19,20)10-5-3-4-6-11(10)25(21,22)23/h3-7H,1-2H3,(H,21,22,23)(H2,14,15,16,17,18). The van der Waals surface area contributed by atoms with Crippen LogP contribution in [0.4, 0.5) is 10.7 Å². The molecule has 2 amide bonds. The van der Waals surface area contributed by atoms with Gasteiger partial charge in [0, 0.05) is 11.4 Å². The first-order valence-electron chi connectivity index (χ1n) is 6.71. The van der Waals surface area contributed by atoms with Crippen LogP contribution in [0.5, 0.6) is 0 Å². The van der Waals surface area contributed by atoms with Gasteiger partial charge in [0.2, 0.25) is 5.95 Å². The van der Waals surface area contributed by atoms with Gasteiger partial charge < -0.3 is 0 Å². The molecule has 0 radical (unpaired) electrons. The van der Waals surface area contributed by atoms with E-state index in [-0.39, 0.29) is 5.95 Å². The summed E-state index contributed by atoms with van der Waals surface area (Å²) in [6, 6.07) is 4.78. The Labute approximate surface area is 144 Å². The predicted octanol–water partition coefficient (Wildman–Crippen LogP) is 0.851. The van der Waals surface area contributed by atoms with Crippen molar-refractivity contribution in [2.45, 2.75) is 23.6 Å². The molecule has 3 N–H and O–H groups in total. The Hall–Kier alpha value is -2.57. The number of sulfonamides is 1. The molecule has 0 saturated heterocycles. The molecule has 2 aromatic rings. The summed E-state index contributed by atoms with van der Waals surface area (Å²) in [7, 11) is -9.37. The molecule has 12 heteroatoms. The summed E-state index contributed by atoms with van der Waals surface area (Å²) < 4.78 is 57.8. The zero-order valence-corrected chi connectivity index (χ0v) is 14.7. The molecule has 2 rings (SSSR count). The highest BCUT2D eigenvalue weighted by Crippen LogP contribution is 2.20. The van der Waals surface area contributed by atoms with Crippen molar-refractivity contribution in [2.75, 3.05) is 5.32 Å². The van der Waals surface area contributed by atoms with Crippen LogP contribution in [0, 0.1) is 13.8 Å². The molecular formula is C13H14N4O6S2. The van der Waals surface area contributed by atoms with Gasteiger partial charge in [-0.3, -0.25) is 9.87 Å². The Bertz CT molecular complexity index is 1010. The molecule has 0 bridgehead atoms. The Balaban J connectivity index is 2.29. The predicted molar refractivity (Wildman–Crippen MR) is 87.1 cm³/mol. The largest absolute Gasteiger partial charge is 0.335 e. The number of aromatic nitrogens is 2. The maximum Gasteiger partial charge on any atom is 0.335 e. The van der Waals surface area contributed by atoms with Gasteiger partial charge in [-0.05, 0) is 32.0 Å². The van der Waals surface area contributed by atoms with E-state index in [1.165, 1.54) is 12.1 Å². The van der Waals surface area contributed by atoms with Gasteiger partial charge in [0.25, 0.3) is 20.1 Å². The Morgan fingerprint density at radius 2 is 1.52 bits per heavy atom. The van der Waals surface area contributed by atoms with Crippen LogP contribution >= 0.6 is 0 Å². The number of aryl methyl sites for hydroxylation is 2. The van der Waals surface area contributed by atoms with Gasteiger partial charge in [0.15, 0.2) is 0 Å². The van der Waals surface area contributed by atoms with Crippen molar-refractivity contribution in [3.8, 4) is 0 Å². The van der Waals surface area contributed by atoms with Gasteiger partial charge >= 0.3 is 6.03 Å². The summed E-state index contributed by atoms with van der Waals surface area (Å²) in [5.41, 5.74) is 1.12. The average Bonchev–Trinajstić information content (AvgIpc) is 2.44. The Morgan fingerprint density at radius 1 is 1.00 bits per heavy atom. The molecule has 25 heavy (non-hydrogen) atoms. The van der Waals surface area contributed by atoms with Crippen LogP contribution in [0.3, 0.4) is 0 Å². The Kier molecular flexibility index (Phi) is 5.06. The summed E-state index contributed by atoms with van der Waals surface area (Å²) in [5.74, 6) is -0.117. The number of carbonyl (C=O) groups is 1. The van der Waals surface area contributed by atoms with E-state index in [0.717, 1.165) is 12.1 Å². The SMILES string of the molecule is Cc1cc(C)nc(NC(=O)NS(=O)(=O)c2ccccc2S(=O)(=O)O)n1. The minimum atomic E-state index is -4.80. The number of benzene rings is 1. The second-order valence-corrected chi connectivity index (χ2v) is 8.00. The number of nitrogens with one attached hydrogen (secondary N) is 2. The van der Waals surface area contributed by atoms with Gasteiger partial charge in [-0.15, -0.1) is 0 Å². The van der Waals surface area contributed by atoms with E-state index in [1.807, 2.05) is 0 Å². The third-order valence-electron chi connectivity index (χ3n) is 2.85. The van der Waals surface area contributed by atoms with E-state index in [9.17, 15) is 21.6 Å². The van der Waals surface area contributed by atoms with Crippen molar-refractivity contribution >= 4 is 32.1 Å². The fourth-order valence-electron chi connectivity index (χ4n) is 1.97. The van der Waals surface area contributed by atoms with E-state index < -0.39 is 36.0 Å². The van der Waals surface area contributed by atoms with Crippen molar-refractivity contribution in [3.63, 3.8) is 0 Å².